The van der Waals surface area contributed by atoms with Gasteiger partial charge in [-0.2, -0.15) is 6.08 Å². The van der Waals surface area contributed by atoms with E-state index in [-0.39, 0.29) is 10.8 Å². The molecule has 0 nitrogen and oxygen atoms in total. The molecule has 0 aromatic heterocycles. The van der Waals surface area contributed by atoms with Crippen LogP contribution in [0.15, 0.2) is 267 Å². The van der Waals surface area contributed by atoms with Crippen LogP contribution in [-0.4, -0.2) is 3.21 Å². The molecule has 13 aromatic carbocycles. The Kier molecular flexibility index (Phi) is 15.5. The molecule has 14 rings (SSSR count). The van der Waals surface area contributed by atoms with Crippen molar-refractivity contribution in [2.24, 2.45) is 0 Å². The minimum atomic E-state index is -0.0829. The maximum atomic E-state index is 2.99. The van der Waals surface area contributed by atoms with Crippen LogP contribution < -0.4 is 0 Å². The van der Waals surface area contributed by atoms with E-state index in [0.29, 0.717) is 0 Å². The third-order valence-corrected chi connectivity index (χ3v) is 17.1. The first-order valence-electron chi connectivity index (χ1n) is 28.9. The zero-order chi connectivity index (χ0) is 56.4. The summed E-state index contributed by atoms with van der Waals surface area (Å²) in [6.45, 7) is 14.2. The molecule has 1 heteroatoms. The van der Waals surface area contributed by atoms with Gasteiger partial charge in [0.15, 0.2) is 0 Å². The van der Waals surface area contributed by atoms with Crippen molar-refractivity contribution in [2.75, 3.05) is 0 Å². The van der Waals surface area contributed by atoms with Gasteiger partial charge in [-0.15, -0.1) is 46.2 Å². The Balaban J connectivity index is 0.000000265. The first-order valence-corrected chi connectivity index (χ1v) is 30.2. The van der Waals surface area contributed by atoms with E-state index in [9.17, 15) is 0 Å². The maximum absolute atomic E-state index is 2.99. The summed E-state index contributed by atoms with van der Waals surface area (Å²) in [6.07, 6.45) is 12.2. The zero-order valence-electron chi connectivity index (χ0n) is 48.0. The zero-order valence-corrected chi connectivity index (χ0v) is 50.5. The molecule has 0 radical (unpaired) electrons. The molecule has 396 valence electrons. The van der Waals surface area contributed by atoms with Gasteiger partial charge in [0.25, 0.3) is 0 Å². The normalized spacial score (nSPS) is 12.3. The summed E-state index contributed by atoms with van der Waals surface area (Å²) >= 11 is 1.55. The molecule has 0 unspecified atom stereocenters. The van der Waals surface area contributed by atoms with Crippen LogP contribution in [0.25, 0.3) is 109 Å². The number of hydrogen-bond acceptors (Lipinski definition) is 0. The minimum absolute atomic E-state index is 0.0829. The average Bonchev–Trinajstić information content (AvgIpc) is 4.40. The molecule has 13 aromatic rings. The van der Waals surface area contributed by atoms with Gasteiger partial charge in [-0.1, -0.05) is 199 Å². The summed E-state index contributed by atoms with van der Waals surface area (Å²) in [4.78, 5) is 0. The van der Waals surface area contributed by atoms with Gasteiger partial charge in [0.2, 0.25) is 0 Å². The molecule has 0 spiro atoms. The molecule has 82 heavy (non-hydrogen) atoms. The van der Waals surface area contributed by atoms with Crippen LogP contribution in [0.3, 0.4) is 0 Å². The fourth-order valence-corrected chi connectivity index (χ4v) is 13.2. The molecule has 0 saturated heterocycles. The number of hydrogen-bond donors (Lipinski definition) is 0. The molecule has 0 fully saturated rings. The summed E-state index contributed by atoms with van der Waals surface area (Å²) in [5.41, 5.74) is 15.5. The SMILES string of the molecule is CC(C)(C)c1cc2c(cc1-c1ccccc1-c1ccc3c(ccc4ccccc43)c1)[cH-]c1cc(-c3ccccc3-c3ccc4c(ccc5ccccc54)c3)c(C(C)(C)C)cc12.[C-]1=CC=CC1.[Zr+2]=[C](Cc1ccccc1)Cc1ccccc1. The van der Waals surface area contributed by atoms with Crippen molar-refractivity contribution in [3.8, 4) is 44.5 Å². The van der Waals surface area contributed by atoms with Crippen molar-refractivity contribution >= 4 is 67.8 Å². The number of allylic oxidation sites excluding steroid dienone is 4. The average molecular weight is 1130 g/mol. The fraction of sp³-hybridized carbons (Fsp3) is 0.136. The molecule has 1 aliphatic rings. The third kappa shape index (κ3) is 11.5. The summed E-state index contributed by atoms with van der Waals surface area (Å²) in [5.74, 6) is 0. The first kappa shape index (κ1) is 54.4. The number of rotatable bonds is 8. The topological polar surface area (TPSA) is 0 Å². The van der Waals surface area contributed by atoms with Crippen molar-refractivity contribution in [1.29, 1.82) is 0 Å². The van der Waals surface area contributed by atoms with E-state index >= 15 is 0 Å². The Morgan fingerprint density at radius 3 is 1.17 bits per heavy atom. The Labute approximate surface area is 499 Å². The van der Waals surface area contributed by atoms with E-state index < -0.39 is 0 Å². The van der Waals surface area contributed by atoms with E-state index in [1.165, 1.54) is 131 Å². The molecule has 0 saturated carbocycles. The second kappa shape index (κ2) is 23.3. The van der Waals surface area contributed by atoms with E-state index in [2.05, 4.69) is 302 Å². The molecular weight excluding hydrogens is 1060 g/mol. The van der Waals surface area contributed by atoms with E-state index in [1.807, 2.05) is 12.2 Å². The molecule has 0 heterocycles. The molecule has 0 aliphatic heterocycles. The molecule has 0 atom stereocenters. The Bertz CT molecular complexity index is 4260. The predicted molar refractivity (Wildman–Crippen MR) is 353 cm³/mol. The van der Waals surface area contributed by atoms with Gasteiger partial charge in [-0.25, -0.2) is 12.2 Å². The first-order chi connectivity index (χ1) is 39.8. The standard InChI is InChI=1S/C61H49.C15H14.C5H5.Zr/c1-60(2,3)58-36-54-44(34-56(58)52-21-13-11-19-48(52)42-27-29-50-40(31-42)25-23-38-15-7-9-17-46(38)50)33-45-35-57(59(37-55(45)54)61(4,5)6)53-22-14-12-20-49(53)43-28-30-51-41(32-43)26-24-39-16-8-10-18-47(39)51;1-3-8-14(9-4-1)12-7-13-15-10-5-2-6-11-15;1-2-4-5-3-1;/h7-37H,1-6H3;1-6,8-11H,12-13H2;1-3H,4H2;/q-1;;-1;+2. The molecule has 0 amide bonds. The van der Waals surface area contributed by atoms with Crippen LogP contribution in [0, 0.1) is 6.08 Å². The number of benzene rings is 12. The second-order valence-electron chi connectivity index (χ2n) is 24.1. The monoisotopic (exact) mass is 1130 g/mol. The van der Waals surface area contributed by atoms with Crippen molar-refractivity contribution < 1.29 is 24.2 Å². The summed E-state index contributed by atoms with van der Waals surface area (Å²) < 4.78 is 1.60. The Morgan fingerprint density at radius 2 is 0.768 bits per heavy atom. The van der Waals surface area contributed by atoms with Crippen molar-refractivity contribution in [3.63, 3.8) is 0 Å². The molecule has 0 N–H and O–H groups in total. The fourth-order valence-electron chi connectivity index (χ4n) is 12.2. The number of fused-ring (bicyclic) bond motifs is 9. The third-order valence-electron chi connectivity index (χ3n) is 16.2. The second-order valence-corrected chi connectivity index (χ2v) is 25.8. The summed E-state index contributed by atoms with van der Waals surface area (Å²) in [7, 11) is 0. The molecule has 0 bridgehead atoms. The van der Waals surface area contributed by atoms with Gasteiger partial charge < -0.3 is 0 Å². The summed E-state index contributed by atoms with van der Waals surface area (Å²) in [6, 6.07) is 92.2. The van der Waals surface area contributed by atoms with Gasteiger partial charge in [0.05, 0.1) is 0 Å². The van der Waals surface area contributed by atoms with Crippen molar-refractivity contribution in [1.82, 2.24) is 0 Å². The van der Waals surface area contributed by atoms with Crippen LogP contribution in [0.1, 0.15) is 70.2 Å². The van der Waals surface area contributed by atoms with Crippen LogP contribution in [0.4, 0.5) is 0 Å². The Hall–Kier alpha value is -8.22. The molecular formula is C81H68Zr. The Morgan fingerprint density at radius 1 is 0.378 bits per heavy atom. The van der Waals surface area contributed by atoms with Gasteiger partial charge in [0.1, 0.15) is 0 Å². The summed E-state index contributed by atoms with van der Waals surface area (Å²) in [5, 5.41) is 15.5. The van der Waals surface area contributed by atoms with Crippen molar-refractivity contribution in [2.45, 2.75) is 71.6 Å². The predicted octanol–water partition coefficient (Wildman–Crippen LogP) is 22.1. The van der Waals surface area contributed by atoms with Gasteiger partial charge in [-0.05, 0) is 122 Å². The van der Waals surface area contributed by atoms with Crippen molar-refractivity contribution in [3.05, 3.63) is 295 Å². The quantitative estimate of drug-likeness (QED) is 0.105. The van der Waals surface area contributed by atoms with Crippen LogP contribution in [0.5, 0.6) is 0 Å². The van der Waals surface area contributed by atoms with Gasteiger partial charge in [-0.3, -0.25) is 6.08 Å². The van der Waals surface area contributed by atoms with E-state index in [1.54, 1.807) is 27.4 Å². The van der Waals surface area contributed by atoms with Crippen LogP contribution >= 0.6 is 0 Å². The van der Waals surface area contributed by atoms with Gasteiger partial charge >= 0.3 is 112 Å². The van der Waals surface area contributed by atoms with Crippen LogP contribution in [0.2, 0.25) is 0 Å². The van der Waals surface area contributed by atoms with Crippen LogP contribution in [-0.2, 0) is 47.9 Å². The molecule has 1 aliphatic carbocycles. The van der Waals surface area contributed by atoms with E-state index in [4.69, 9.17) is 0 Å². The van der Waals surface area contributed by atoms with E-state index in [0.717, 1.165) is 19.3 Å². The van der Waals surface area contributed by atoms with Gasteiger partial charge in [0, 0.05) is 0 Å².